The largest absolute Gasteiger partial charge is 0.512 e. The van der Waals surface area contributed by atoms with Crippen LogP contribution in [-0.4, -0.2) is 15.9 Å². The molecule has 4 rings (SSSR count). The summed E-state index contributed by atoms with van der Waals surface area (Å²) in [4.78, 5) is 16.4. The van der Waals surface area contributed by atoms with Crippen molar-refractivity contribution in [2.24, 2.45) is 11.8 Å². The second-order valence-corrected chi connectivity index (χ2v) is 10.7. The molecule has 3 aromatic rings. The second-order valence-electron chi connectivity index (χ2n) is 10.7. The van der Waals surface area contributed by atoms with Crippen molar-refractivity contribution in [1.29, 1.82) is 0 Å². The number of fused-ring (bicyclic) bond motifs is 2. The van der Waals surface area contributed by atoms with E-state index in [1.165, 1.54) is 39.1 Å². The number of aromatic nitrogens is 1. The first-order chi connectivity index (χ1) is 17.1. The van der Waals surface area contributed by atoms with Crippen molar-refractivity contribution in [2.75, 3.05) is 0 Å². The molecular weight excluding hydrogens is 635 g/mol. The summed E-state index contributed by atoms with van der Waals surface area (Å²) >= 11 is 0. The number of carbonyl (C=O) groups excluding carboxylic acids is 1. The third-order valence-corrected chi connectivity index (χ3v) is 7.68. The van der Waals surface area contributed by atoms with Crippen LogP contribution in [-0.2, 0) is 30.3 Å². The maximum absolute atomic E-state index is 11.7. The summed E-state index contributed by atoms with van der Waals surface area (Å²) in [6.07, 6.45) is 11.4. The molecule has 0 spiro atoms. The average molecular weight is 677 g/mol. The van der Waals surface area contributed by atoms with E-state index in [2.05, 4.69) is 64.1 Å². The number of rotatable bonds is 7. The third kappa shape index (κ3) is 6.59. The summed E-state index contributed by atoms with van der Waals surface area (Å²) in [5, 5.41) is 13.5. The Morgan fingerprint density at radius 2 is 1.68 bits per heavy atom. The number of benzene rings is 2. The van der Waals surface area contributed by atoms with Crippen molar-refractivity contribution in [2.45, 2.75) is 86.5 Å². The predicted molar refractivity (Wildman–Crippen MR) is 153 cm³/mol. The number of aliphatic hydroxyl groups is 1. The van der Waals surface area contributed by atoms with Crippen molar-refractivity contribution < 1.29 is 30.0 Å². The van der Waals surface area contributed by atoms with E-state index in [9.17, 15) is 9.90 Å². The van der Waals surface area contributed by atoms with Crippen LogP contribution in [0.1, 0.15) is 89.5 Å². The normalized spacial score (nSPS) is 14.1. The zero-order valence-electron chi connectivity index (χ0n) is 23.7. The fourth-order valence-corrected chi connectivity index (χ4v) is 5.28. The SMILES string of the molecule is CCC(CC)C(=O)/C=C(\O)C(CC)CC.Cc1[c-]c2c(cc3c4c(ccnc42)C(C)(C)C=C3)c(C)c1.[Ir]. The number of nitrogens with zero attached hydrogens (tertiary/aromatic N) is 1. The quantitative estimate of drug-likeness (QED) is 0.118. The van der Waals surface area contributed by atoms with Gasteiger partial charge in [0.25, 0.3) is 0 Å². The molecule has 0 fully saturated rings. The fourth-order valence-electron chi connectivity index (χ4n) is 5.28. The minimum absolute atomic E-state index is 0. The number of aliphatic hydroxyl groups excluding tert-OH is 1. The summed E-state index contributed by atoms with van der Waals surface area (Å²) in [6.45, 7) is 16.9. The molecule has 1 aromatic heterocycles. The van der Waals surface area contributed by atoms with Gasteiger partial charge in [0.05, 0.1) is 5.76 Å². The van der Waals surface area contributed by atoms with Crippen molar-refractivity contribution in [1.82, 2.24) is 4.98 Å². The molecule has 1 aliphatic carbocycles. The van der Waals surface area contributed by atoms with E-state index in [0.29, 0.717) is 0 Å². The minimum Gasteiger partial charge on any atom is -0.512 e. The number of aryl methyl sites for hydroxylation is 2. The van der Waals surface area contributed by atoms with Crippen LogP contribution in [0.2, 0.25) is 0 Å². The molecule has 0 unspecified atom stereocenters. The van der Waals surface area contributed by atoms with Gasteiger partial charge < -0.3 is 10.1 Å². The molecule has 1 radical (unpaired) electrons. The summed E-state index contributed by atoms with van der Waals surface area (Å²) < 4.78 is 0. The van der Waals surface area contributed by atoms with E-state index in [0.717, 1.165) is 36.6 Å². The summed E-state index contributed by atoms with van der Waals surface area (Å²) in [6, 6.07) is 10.2. The molecule has 3 nitrogen and oxygen atoms in total. The van der Waals surface area contributed by atoms with Gasteiger partial charge in [0.2, 0.25) is 0 Å². The van der Waals surface area contributed by atoms with Crippen LogP contribution in [0.5, 0.6) is 0 Å². The molecule has 4 heteroatoms. The first-order valence-corrected chi connectivity index (χ1v) is 13.5. The summed E-state index contributed by atoms with van der Waals surface area (Å²) in [5.41, 5.74) is 6.25. The average Bonchev–Trinajstić information content (AvgIpc) is 2.84. The topological polar surface area (TPSA) is 50.2 Å². The molecule has 0 amide bonds. The molecule has 1 heterocycles. The van der Waals surface area contributed by atoms with Gasteiger partial charge in [-0.25, -0.2) is 0 Å². The molecule has 1 N–H and O–H groups in total. The smallest absolute Gasteiger partial charge is 0.162 e. The van der Waals surface area contributed by atoms with E-state index >= 15 is 0 Å². The Bertz CT molecular complexity index is 1310. The molecule has 0 atom stereocenters. The molecule has 37 heavy (non-hydrogen) atoms. The Balaban J connectivity index is 0.000000271. The van der Waals surface area contributed by atoms with Crippen LogP contribution in [0.15, 0.2) is 42.3 Å². The standard InChI is InChI=1S/C20H18N.C13H24O2.Ir/c1-12-9-13(2)15-11-14-5-7-20(3,4)17-6-8-21-19(18(14)17)16(15)10-12;1-5-10(6-2)12(14)9-13(15)11(7-3)8-4;/h5-9,11H,1-4H3;9-11,14H,5-8H2,1-4H3;/q-1;;/b;12-9-;. The molecule has 0 saturated carbocycles. The number of ketones is 1. The Morgan fingerprint density at radius 1 is 1.05 bits per heavy atom. The van der Waals surface area contributed by atoms with E-state index in [4.69, 9.17) is 4.98 Å². The van der Waals surface area contributed by atoms with Crippen molar-refractivity contribution >= 4 is 33.5 Å². The van der Waals surface area contributed by atoms with Crippen LogP contribution in [0.4, 0.5) is 0 Å². The molecule has 0 bridgehead atoms. The van der Waals surface area contributed by atoms with Gasteiger partial charge in [0.15, 0.2) is 5.78 Å². The van der Waals surface area contributed by atoms with Gasteiger partial charge in [-0.1, -0.05) is 73.6 Å². The Kier molecular flexibility index (Phi) is 10.9. The molecule has 1 aliphatic rings. The predicted octanol–water partition coefficient (Wildman–Crippen LogP) is 8.98. The maximum Gasteiger partial charge on any atom is 0.162 e. The van der Waals surface area contributed by atoms with Crippen LogP contribution in [0.25, 0.3) is 27.8 Å². The van der Waals surface area contributed by atoms with Gasteiger partial charge in [0, 0.05) is 49.6 Å². The van der Waals surface area contributed by atoms with E-state index in [1.54, 1.807) is 0 Å². The van der Waals surface area contributed by atoms with Gasteiger partial charge in [-0.3, -0.25) is 4.79 Å². The van der Waals surface area contributed by atoms with Gasteiger partial charge in [-0.05, 0) is 53.8 Å². The van der Waals surface area contributed by atoms with Crippen LogP contribution in [0, 0.1) is 31.7 Å². The minimum atomic E-state index is 0. The Labute approximate surface area is 236 Å². The summed E-state index contributed by atoms with van der Waals surface area (Å²) in [7, 11) is 0. The zero-order valence-corrected chi connectivity index (χ0v) is 26.1. The Morgan fingerprint density at radius 3 is 2.27 bits per heavy atom. The maximum atomic E-state index is 11.7. The third-order valence-electron chi connectivity index (χ3n) is 7.68. The van der Waals surface area contributed by atoms with Gasteiger partial charge >= 0.3 is 0 Å². The zero-order chi connectivity index (χ0) is 26.6. The van der Waals surface area contributed by atoms with Gasteiger partial charge in [-0.15, -0.1) is 34.0 Å². The first-order valence-electron chi connectivity index (χ1n) is 13.5. The van der Waals surface area contributed by atoms with Crippen molar-refractivity contribution in [3.63, 3.8) is 0 Å². The van der Waals surface area contributed by atoms with Gasteiger partial charge in [0.1, 0.15) is 0 Å². The van der Waals surface area contributed by atoms with Crippen LogP contribution >= 0.6 is 0 Å². The first kappa shape index (κ1) is 30.9. The Hall–Kier alpha value is -2.29. The van der Waals surface area contributed by atoms with Crippen LogP contribution < -0.4 is 0 Å². The molecule has 0 saturated heterocycles. The molecular formula is C33H42IrNO2-. The van der Waals surface area contributed by atoms with E-state index in [1.807, 2.05) is 33.9 Å². The van der Waals surface area contributed by atoms with E-state index < -0.39 is 0 Å². The number of hydrogen-bond acceptors (Lipinski definition) is 3. The van der Waals surface area contributed by atoms with Crippen molar-refractivity contribution in [3.05, 3.63) is 70.6 Å². The second kappa shape index (κ2) is 13.0. The molecule has 0 aliphatic heterocycles. The monoisotopic (exact) mass is 677 g/mol. The number of pyridine rings is 1. The number of carbonyl (C=O) groups is 1. The number of hydrogen-bond donors (Lipinski definition) is 1. The van der Waals surface area contributed by atoms with Gasteiger partial charge in [-0.2, -0.15) is 0 Å². The molecule has 201 valence electrons. The van der Waals surface area contributed by atoms with Crippen molar-refractivity contribution in [3.8, 4) is 0 Å². The van der Waals surface area contributed by atoms with Crippen LogP contribution in [0.3, 0.4) is 0 Å². The fraction of sp³-hybridized carbons (Fsp3) is 0.455. The summed E-state index contributed by atoms with van der Waals surface area (Å²) in [5.74, 6) is 0.547. The molecule has 2 aromatic carbocycles. The van der Waals surface area contributed by atoms with E-state index in [-0.39, 0.29) is 48.9 Å². The number of allylic oxidation sites excluding steroid dienone is 3.